The Bertz CT molecular complexity index is 602. The minimum Gasteiger partial charge on any atom is -0.444 e. The van der Waals surface area contributed by atoms with E-state index in [9.17, 15) is 4.79 Å². The number of carbonyl (C=O) groups excluding carboxylic acids is 1. The fourth-order valence-electron chi connectivity index (χ4n) is 3.58. The molecule has 6 heteroatoms. The first-order valence-corrected chi connectivity index (χ1v) is 9.04. The highest BCUT2D eigenvalue weighted by Crippen LogP contribution is 2.47. The van der Waals surface area contributed by atoms with Gasteiger partial charge in [0.1, 0.15) is 10.8 Å². The molecule has 1 amide bonds. The summed E-state index contributed by atoms with van der Waals surface area (Å²) in [6.07, 6.45) is 4.76. The zero-order chi connectivity index (χ0) is 16.1. The van der Waals surface area contributed by atoms with E-state index in [0.717, 1.165) is 22.8 Å². The van der Waals surface area contributed by atoms with Crippen molar-refractivity contribution in [2.45, 2.75) is 63.6 Å². The quantitative estimate of drug-likeness (QED) is 0.479. The maximum atomic E-state index is 12.5. The second kappa shape index (κ2) is 5.82. The molecule has 3 atom stereocenters. The van der Waals surface area contributed by atoms with Crippen LogP contribution in [0.3, 0.4) is 0 Å². The third-order valence-electron chi connectivity index (χ3n) is 4.39. The molecule has 1 aromatic rings. The van der Waals surface area contributed by atoms with Crippen LogP contribution in [0.5, 0.6) is 0 Å². The van der Waals surface area contributed by atoms with E-state index in [2.05, 4.69) is 33.6 Å². The van der Waals surface area contributed by atoms with Gasteiger partial charge in [0.2, 0.25) is 0 Å². The molecule has 2 fully saturated rings. The molecule has 3 rings (SSSR count). The summed E-state index contributed by atoms with van der Waals surface area (Å²) in [5.74, 6) is 0.338. The molecule has 2 aliphatic heterocycles. The molecule has 0 unspecified atom stereocenters. The fourth-order valence-corrected chi connectivity index (χ4v) is 4.19. The number of rotatable bonds is 1. The molecule has 2 bridgehead atoms. The lowest BCUT2D eigenvalue weighted by Crippen LogP contribution is -2.40. The monoisotopic (exact) mass is 434 g/mol. The van der Waals surface area contributed by atoms with E-state index >= 15 is 0 Å². The average molecular weight is 435 g/mol. The van der Waals surface area contributed by atoms with Crippen molar-refractivity contribution in [1.29, 1.82) is 0 Å². The second-order valence-electron chi connectivity index (χ2n) is 7.07. The van der Waals surface area contributed by atoms with Crippen LogP contribution in [0, 0.1) is 3.57 Å². The number of ether oxygens (including phenoxy) is 1. The first kappa shape index (κ1) is 16.3. The van der Waals surface area contributed by atoms with Crippen LogP contribution in [0.15, 0.2) is 12.3 Å². The first-order valence-electron chi connectivity index (χ1n) is 7.58. The molecule has 3 heterocycles. The molecule has 0 spiro atoms. The van der Waals surface area contributed by atoms with Gasteiger partial charge in [0, 0.05) is 24.2 Å². The lowest BCUT2D eigenvalue weighted by Gasteiger charge is -2.28. The Balaban J connectivity index is 1.81. The van der Waals surface area contributed by atoms with Gasteiger partial charge in [-0.05, 0) is 74.3 Å². The van der Waals surface area contributed by atoms with Crippen molar-refractivity contribution < 1.29 is 9.53 Å². The summed E-state index contributed by atoms with van der Waals surface area (Å²) in [7, 11) is 0. The molecular formula is C16H20ClIN2O2. The van der Waals surface area contributed by atoms with Gasteiger partial charge < -0.3 is 9.64 Å². The number of hydrogen-bond acceptors (Lipinski definition) is 3. The van der Waals surface area contributed by atoms with Crippen LogP contribution < -0.4 is 0 Å². The molecule has 0 saturated carbocycles. The number of amides is 1. The summed E-state index contributed by atoms with van der Waals surface area (Å²) in [5, 5.41) is 0.538. The van der Waals surface area contributed by atoms with Crippen LogP contribution in [0.2, 0.25) is 5.15 Å². The summed E-state index contributed by atoms with van der Waals surface area (Å²) in [6, 6.07) is 2.60. The van der Waals surface area contributed by atoms with Gasteiger partial charge in [-0.25, -0.2) is 9.78 Å². The minimum atomic E-state index is -0.453. The number of nitrogens with zero attached hydrogens (tertiary/aromatic N) is 2. The molecule has 2 saturated heterocycles. The molecule has 0 radical (unpaired) electrons. The molecule has 120 valence electrons. The smallest absolute Gasteiger partial charge is 0.410 e. The number of halogens is 2. The van der Waals surface area contributed by atoms with E-state index in [1.165, 1.54) is 5.56 Å². The predicted octanol–water partition coefficient (Wildman–Crippen LogP) is 4.60. The molecule has 0 N–H and O–H groups in total. The van der Waals surface area contributed by atoms with Crippen molar-refractivity contribution in [2.24, 2.45) is 0 Å². The van der Waals surface area contributed by atoms with Crippen molar-refractivity contribution in [2.75, 3.05) is 0 Å². The van der Waals surface area contributed by atoms with E-state index in [-0.39, 0.29) is 18.2 Å². The number of fused-ring (bicyclic) bond motifs is 2. The zero-order valence-electron chi connectivity index (χ0n) is 13.0. The van der Waals surface area contributed by atoms with Crippen molar-refractivity contribution in [1.82, 2.24) is 9.88 Å². The normalized spacial score (nSPS) is 27.3. The van der Waals surface area contributed by atoms with Crippen LogP contribution in [0.4, 0.5) is 4.79 Å². The van der Waals surface area contributed by atoms with Crippen LogP contribution in [-0.2, 0) is 4.74 Å². The fraction of sp³-hybridized carbons (Fsp3) is 0.625. The lowest BCUT2D eigenvalue weighted by atomic mass is 9.85. The summed E-state index contributed by atoms with van der Waals surface area (Å²) < 4.78 is 6.54. The zero-order valence-corrected chi connectivity index (χ0v) is 15.9. The molecular weight excluding hydrogens is 415 g/mol. The van der Waals surface area contributed by atoms with Gasteiger partial charge in [-0.2, -0.15) is 0 Å². The standard InChI is InChI=1S/C16H20ClIN2O2/c1-16(2,3)22-15(21)20-10-4-5-13(20)11(7-10)9-6-12(18)14(17)19-8-9/h6,8,10-11,13H,4-5,7H2,1-3H3/t10-,11+,13+/m0/s1. The molecule has 22 heavy (non-hydrogen) atoms. The Hall–Kier alpha value is -0.560. The van der Waals surface area contributed by atoms with Gasteiger partial charge in [0.15, 0.2) is 0 Å². The lowest BCUT2D eigenvalue weighted by molar-refractivity contribution is 0.0213. The average Bonchev–Trinajstić information content (AvgIpc) is 2.97. The largest absolute Gasteiger partial charge is 0.444 e. The number of carbonyl (C=O) groups is 1. The van der Waals surface area contributed by atoms with Crippen molar-refractivity contribution in [3.63, 3.8) is 0 Å². The van der Waals surface area contributed by atoms with E-state index in [1.807, 2.05) is 31.9 Å². The number of aromatic nitrogens is 1. The Morgan fingerprint density at radius 3 is 2.82 bits per heavy atom. The molecule has 0 aromatic carbocycles. The van der Waals surface area contributed by atoms with E-state index < -0.39 is 5.60 Å². The van der Waals surface area contributed by atoms with E-state index in [4.69, 9.17) is 16.3 Å². The van der Waals surface area contributed by atoms with Crippen molar-refractivity contribution in [3.8, 4) is 0 Å². The molecule has 4 nitrogen and oxygen atoms in total. The van der Waals surface area contributed by atoms with Gasteiger partial charge in [0.05, 0.1) is 3.57 Å². The molecule has 2 aliphatic rings. The third-order valence-corrected chi connectivity index (χ3v) is 5.83. The van der Waals surface area contributed by atoms with Gasteiger partial charge in [0.25, 0.3) is 0 Å². The minimum absolute atomic E-state index is 0.181. The maximum Gasteiger partial charge on any atom is 0.410 e. The highest BCUT2D eigenvalue weighted by Gasteiger charge is 2.50. The van der Waals surface area contributed by atoms with Gasteiger partial charge in [-0.1, -0.05) is 11.6 Å². The number of hydrogen-bond donors (Lipinski definition) is 0. The first-order chi connectivity index (χ1) is 10.3. The van der Waals surface area contributed by atoms with Crippen LogP contribution in [0.25, 0.3) is 0 Å². The Kier molecular flexibility index (Phi) is 4.31. The summed E-state index contributed by atoms with van der Waals surface area (Å²) in [4.78, 5) is 18.7. The molecule has 1 aromatic heterocycles. The summed E-state index contributed by atoms with van der Waals surface area (Å²) in [6.45, 7) is 5.73. The number of pyridine rings is 1. The predicted molar refractivity (Wildman–Crippen MR) is 94.2 cm³/mol. The Labute approximate surface area is 149 Å². The van der Waals surface area contributed by atoms with Gasteiger partial charge >= 0.3 is 6.09 Å². The van der Waals surface area contributed by atoms with E-state index in [1.54, 1.807) is 0 Å². The Morgan fingerprint density at radius 1 is 1.45 bits per heavy atom. The van der Waals surface area contributed by atoms with Crippen molar-refractivity contribution >= 4 is 40.3 Å². The third kappa shape index (κ3) is 3.07. The maximum absolute atomic E-state index is 12.5. The van der Waals surface area contributed by atoms with E-state index in [0.29, 0.717) is 11.1 Å². The van der Waals surface area contributed by atoms with Crippen LogP contribution in [0.1, 0.15) is 51.5 Å². The summed E-state index contributed by atoms with van der Waals surface area (Å²) >= 11 is 8.22. The topological polar surface area (TPSA) is 42.4 Å². The van der Waals surface area contributed by atoms with Crippen LogP contribution in [-0.4, -0.2) is 33.7 Å². The highest BCUT2D eigenvalue weighted by atomic mass is 127. The highest BCUT2D eigenvalue weighted by molar-refractivity contribution is 14.1. The van der Waals surface area contributed by atoms with Crippen LogP contribution >= 0.6 is 34.2 Å². The second-order valence-corrected chi connectivity index (χ2v) is 8.59. The van der Waals surface area contributed by atoms with Gasteiger partial charge in [-0.3, -0.25) is 0 Å². The van der Waals surface area contributed by atoms with Crippen molar-refractivity contribution in [3.05, 3.63) is 26.5 Å². The SMILES string of the molecule is CC(C)(C)OC(=O)N1[C@H]2CC[C@@H]1[C@@H](c1cnc(Cl)c(I)c1)C2. The summed E-state index contributed by atoms with van der Waals surface area (Å²) in [5.41, 5.74) is 0.723. The molecule has 0 aliphatic carbocycles. The van der Waals surface area contributed by atoms with Gasteiger partial charge in [-0.15, -0.1) is 0 Å². The Morgan fingerprint density at radius 2 is 2.18 bits per heavy atom.